The van der Waals surface area contributed by atoms with E-state index < -0.39 is 0 Å². The van der Waals surface area contributed by atoms with Gasteiger partial charge in [0, 0.05) is 24.0 Å². The lowest BCUT2D eigenvalue weighted by atomic mass is 10.2. The predicted molar refractivity (Wildman–Crippen MR) is 92.3 cm³/mol. The topological polar surface area (TPSA) is 51.9 Å². The van der Waals surface area contributed by atoms with Crippen LogP contribution in [-0.4, -0.2) is 23.9 Å². The first-order valence-electron chi connectivity index (χ1n) is 8.18. The minimum Gasteiger partial charge on any atom is -0.249 e. The highest BCUT2D eigenvalue weighted by Crippen LogP contribution is 2.32. The normalized spacial score (nSPS) is 12.6. The SMILES string of the molecule is c1ccc(-n2c3[n+](c4nc5ccncn5c42)Cc2cccnc2-3)cc1. The summed E-state index contributed by atoms with van der Waals surface area (Å²) in [7, 11) is 0. The molecule has 0 aliphatic carbocycles. The fourth-order valence-electron chi connectivity index (χ4n) is 3.73. The highest BCUT2D eigenvalue weighted by Gasteiger charge is 2.37. The molecule has 6 nitrogen and oxygen atoms in total. The fraction of sp³-hybridized carbons (Fsp3) is 0.0526. The monoisotopic (exact) mass is 325 g/mol. The Kier molecular flexibility index (Phi) is 2.31. The summed E-state index contributed by atoms with van der Waals surface area (Å²) in [6.45, 7) is 0.784. The van der Waals surface area contributed by atoms with E-state index in [4.69, 9.17) is 4.98 Å². The Morgan fingerprint density at radius 3 is 2.80 bits per heavy atom. The molecule has 6 heteroatoms. The van der Waals surface area contributed by atoms with E-state index in [2.05, 4.69) is 37.3 Å². The van der Waals surface area contributed by atoms with Crippen molar-refractivity contribution in [3.63, 3.8) is 0 Å². The van der Waals surface area contributed by atoms with E-state index in [-0.39, 0.29) is 0 Å². The van der Waals surface area contributed by atoms with Crippen LogP contribution < -0.4 is 4.57 Å². The van der Waals surface area contributed by atoms with Crippen LogP contribution in [0.25, 0.3) is 34.1 Å². The second-order valence-corrected chi connectivity index (χ2v) is 6.16. The molecule has 118 valence electrons. The largest absolute Gasteiger partial charge is 0.324 e. The molecule has 0 saturated carbocycles. The lowest BCUT2D eigenvalue weighted by Gasteiger charge is -2.03. The zero-order valence-corrected chi connectivity index (χ0v) is 13.2. The molecule has 25 heavy (non-hydrogen) atoms. The third kappa shape index (κ3) is 1.58. The predicted octanol–water partition coefficient (Wildman–Crippen LogP) is 2.38. The Hall–Kier alpha value is -3.54. The molecule has 0 spiro atoms. The van der Waals surface area contributed by atoms with Crippen LogP contribution in [0.4, 0.5) is 0 Å². The van der Waals surface area contributed by atoms with Crippen molar-refractivity contribution in [2.45, 2.75) is 6.54 Å². The quantitative estimate of drug-likeness (QED) is 0.436. The number of nitrogens with zero attached hydrogens (tertiary/aromatic N) is 6. The second kappa shape index (κ2) is 4.51. The summed E-state index contributed by atoms with van der Waals surface area (Å²) >= 11 is 0. The molecule has 0 fully saturated rings. The molecule has 0 atom stereocenters. The Bertz CT molecular complexity index is 1270. The third-order valence-electron chi connectivity index (χ3n) is 4.77. The molecule has 5 aromatic rings. The van der Waals surface area contributed by atoms with Gasteiger partial charge in [-0.2, -0.15) is 0 Å². The lowest BCUT2D eigenvalue weighted by molar-refractivity contribution is -0.647. The first kappa shape index (κ1) is 12.8. The Balaban J connectivity index is 1.84. The summed E-state index contributed by atoms with van der Waals surface area (Å²) in [5.74, 6) is 1.07. The van der Waals surface area contributed by atoms with Crippen molar-refractivity contribution in [1.82, 2.24) is 23.9 Å². The van der Waals surface area contributed by atoms with Gasteiger partial charge in [0.15, 0.2) is 0 Å². The zero-order chi connectivity index (χ0) is 16.4. The van der Waals surface area contributed by atoms with E-state index >= 15 is 0 Å². The van der Waals surface area contributed by atoms with Crippen molar-refractivity contribution >= 4 is 16.9 Å². The van der Waals surface area contributed by atoms with Gasteiger partial charge >= 0.3 is 5.65 Å². The maximum absolute atomic E-state index is 4.85. The van der Waals surface area contributed by atoms with Gasteiger partial charge in [0.1, 0.15) is 17.7 Å². The molecule has 0 N–H and O–H groups in total. The molecule has 5 heterocycles. The molecule has 1 aliphatic heterocycles. The van der Waals surface area contributed by atoms with Gasteiger partial charge in [0.25, 0.3) is 11.5 Å². The number of para-hydroxylation sites is 1. The van der Waals surface area contributed by atoms with Crippen molar-refractivity contribution < 1.29 is 4.57 Å². The molecule has 0 unspecified atom stereocenters. The average molecular weight is 325 g/mol. The number of rotatable bonds is 1. The minimum absolute atomic E-state index is 0.784. The van der Waals surface area contributed by atoms with Crippen molar-refractivity contribution in [3.8, 4) is 17.2 Å². The van der Waals surface area contributed by atoms with Crippen LogP contribution in [-0.2, 0) is 6.54 Å². The summed E-state index contributed by atoms with van der Waals surface area (Å²) in [4.78, 5) is 13.8. The number of fused-ring (bicyclic) bond motifs is 7. The van der Waals surface area contributed by atoms with Crippen LogP contribution in [0.3, 0.4) is 0 Å². The van der Waals surface area contributed by atoms with Crippen LogP contribution in [0.5, 0.6) is 0 Å². The highest BCUT2D eigenvalue weighted by molar-refractivity contribution is 5.78. The van der Waals surface area contributed by atoms with Gasteiger partial charge in [-0.1, -0.05) is 29.2 Å². The Morgan fingerprint density at radius 2 is 1.88 bits per heavy atom. The fourth-order valence-corrected chi connectivity index (χ4v) is 3.73. The van der Waals surface area contributed by atoms with Gasteiger partial charge in [0.2, 0.25) is 5.65 Å². The van der Waals surface area contributed by atoms with Crippen LogP contribution >= 0.6 is 0 Å². The van der Waals surface area contributed by atoms with Crippen molar-refractivity contribution in [2.24, 2.45) is 0 Å². The number of benzene rings is 1. The number of imidazole rings is 2. The standard InChI is InChI=1S/C19H13N6/c1-2-6-14(7-3-1)25-18-16-13(5-4-9-21-16)11-23(18)17-19(25)24-12-20-10-8-15(24)22-17/h1-10,12H,11H2/q+1. The van der Waals surface area contributed by atoms with E-state index in [0.717, 1.165) is 40.7 Å². The van der Waals surface area contributed by atoms with E-state index in [1.807, 2.05) is 47.3 Å². The molecule has 1 aliphatic rings. The van der Waals surface area contributed by atoms with Gasteiger partial charge in [-0.15, -0.1) is 0 Å². The molecule has 1 aromatic carbocycles. The molecule has 4 aromatic heterocycles. The summed E-state index contributed by atoms with van der Waals surface area (Å²) in [6.07, 6.45) is 5.44. The molecular weight excluding hydrogens is 312 g/mol. The molecule has 0 bridgehead atoms. The first-order chi connectivity index (χ1) is 12.4. The van der Waals surface area contributed by atoms with E-state index in [1.165, 1.54) is 5.56 Å². The third-order valence-corrected chi connectivity index (χ3v) is 4.77. The maximum atomic E-state index is 4.85. The van der Waals surface area contributed by atoms with Gasteiger partial charge in [-0.25, -0.2) is 23.5 Å². The van der Waals surface area contributed by atoms with Crippen LogP contribution in [0.2, 0.25) is 0 Å². The van der Waals surface area contributed by atoms with Crippen molar-refractivity contribution in [1.29, 1.82) is 0 Å². The maximum Gasteiger partial charge on any atom is 0.324 e. The van der Waals surface area contributed by atoms with Crippen LogP contribution in [0, 0.1) is 0 Å². The van der Waals surface area contributed by atoms with Gasteiger partial charge in [0.05, 0.1) is 6.54 Å². The smallest absolute Gasteiger partial charge is 0.249 e. The van der Waals surface area contributed by atoms with Crippen LogP contribution in [0.15, 0.2) is 67.3 Å². The van der Waals surface area contributed by atoms with Gasteiger partial charge in [-0.05, 0) is 18.2 Å². The first-order valence-corrected chi connectivity index (χ1v) is 8.18. The molecule has 6 rings (SSSR count). The van der Waals surface area contributed by atoms with Crippen molar-refractivity contribution in [3.05, 3.63) is 72.8 Å². The summed E-state index contributed by atoms with van der Waals surface area (Å²) < 4.78 is 6.51. The average Bonchev–Trinajstić information content (AvgIpc) is 3.30. The number of hydrogen-bond acceptors (Lipinski definition) is 3. The molecule has 0 radical (unpaired) electrons. The van der Waals surface area contributed by atoms with Crippen molar-refractivity contribution in [2.75, 3.05) is 0 Å². The summed E-state index contributed by atoms with van der Waals surface area (Å²) in [5.41, 5.74) is 6.18. The Labute approximate surface area is 142 Å². The minimum atomic E-state index is 0.784. The van der Waals surface area contributed by atoms with Gasteiger partial charge in [-0.3, -0.25) is 0 Å². The van der Waals surface area contributed by atoms with E-state index in [0.29, 0.717) is 0 Å². The van der Waals surface area contributed by atoms with E-state index in [9.17, 15) is 0 Å². The van der Waals surface area contributed by atoms with E-state index in [1.54, 1.807) is 6.20 Å². The highest BCUT2D eigenvalue weighted by atomic mass is 15.3. The molecule has 0 saturated heterocycles. The number of hydrogen-bond donors (Lipinski definition) is 0. The zero-order valence-electron chi connectivity index (χ0n) is 13.2. The van der Waals surface area contributed by atoms with Gasteiger partial charge < -0.3 is 0 Å². The number of pyridine rings is 1. The van der Waals surface area contributed by atoms with Crippen LogP contribution in [0.1, 0.15) is 5.56 Å². The summed E-state index contributed by atoms with van der Waals surface area (Å²) in [6, 6.07) is 16.4. The Morgan fingerprint density at radius 1 is 0.960 bits per heavy atom. The summed E-state index contributed by atoms with van der Waals surface area (Å²) in [5, 5.41) is 0. The second-order valence-electron chi connectivity index (χ2n) is 6.16. The lowest BCUT2D eigenvalue weighted by Crippen LogP contribution is -2.31. The number of aromatic nitrogens is 6. The molecule has 0 amide bonds. The molecular formula is C19H13N6+.